The van der Waals surface area contributed by atoms with E-state index in [0.717, 1.165) is 5.56 Å². The van der Waals surface area contributed by atoms with E-state index in [4.69, 9.17) is 0 Å². The van der Waals surface area contributed by atoms with Crippen LogP contribution in [0.2, 0.25) is 0 Å². The smallest absolute Gasteiger partial charge is 0.239 e. The fourth-order valence-electron chi connectivity index (χ4n) is 1.82. The number of halogens is 1. The lowest BCUT2D eigenvalue weighted by atomic mass is 10.2. The first-order valence-electron chi connectivity index (χ1n) is 6.22. The van der Waals surface area contributed by atoms with Crippen LogP contribution in [-0.4, -0.2) is 20.1 Å². The molecule has 0 unspecified atom stereocenters. The largest absolute Gasteiger partial charge is 0.325 e. The van der Waals surface area contributed by atoms with Gasteiger partial charge in [0.15, 0.2) is 9.84 Å². The molecule has 0 aromatic heterocycles. The summed E-state index contributed by atoms with van der Waals surface area (Å²) in [5.74, 6) is -1.14. The maximum Gasteiger partial charge on any atom is 0.239 e. The van der Waals surface area contributed by atoms with Crippen LogP contribution in [0.4, 0.5) is 5.69 Å². The van der Waals surface area contributed by atoms with Crippen LogP contribution < -0.4 is 5.32 Å². The Morgan fingerprint density at radius 1 is 1.14 bits per heavy atom. The number of sulfone groups is 1. The summed E-state index contributed by atoms with van der Waals surface area (Å²) < 4.78 is 25.0. The molecule has 2 rings (SSSR count). The first kappa shape index (κ1) is 15.7. The lowest BCUT2D eigenvalue weighted by Gasteiger charge is -2.09. The standard InChI is InChI=1S/C15H14BrNO3S/c1-11-5-2-3-8-14(11)17-15(18)10-21(19,20)13-7-4-6-12(16)9-13/h2-9H,10H2,1H3,(H,17,18). The molecule has 0 heterocycles. The SMILES string of the molecule is Cc1ccccc1NC(=O)CS(=O)(=O)c1cccc(Br)c1. The number of nitrogens with one attached hydrogen (secondary N) is 1. The van der Waals surface area contributed by atoms with Crippen molar-refractivity contribution in [3.05, 3.63) is 58.6 Å². The Kier molecular flexibility index (Phi) is 4.80. The fraction of sp³-hybridized carbons (Fsp3) is 0.133. The molecular formula is C15H14BrNO3S. The van der Waals surface area contributed by atoms with Crippen molar-refractivity contribution in [3.63, 3.8) is 0 Å². The van der Waals surface area contributed by atoms with Gasteiger partial charge in [-0.05, 0) is 36.8 Å². The maximum absolute atomic E-state index is 12.2. The molecule has 21 heavy (non-hydrogen) atoms. The highest BCUT2D eigenvalue weighted by Gasteiger charge is 2.19. The lowest BCUT2D eigenvalue weighted by molar-refractivity contribution is -0.113. The quantitative estimate of drug-likeness (QED) is 0.902. The summed E-state index contributed by atoms with van der Waals surface area (Å²) in [6.07, 6.45) is 0. The van der Waals surface area contributed by atoms with Crippen molar-refractivity contribution in [1.29, 1.82) is 0 Å². The van der Waals surface area contributed by atoms with E-state index < -0.39 is 21.5 Å². The van der Waals surface area contributed by atoms with Gasteiger partial charge in [-0.3, -0.25) is 4.79 Å². The Hall–Kier alpha value is -1.66. The van der Waals surface area contributed by atoms with E-state index in [0.29, 0.717) is 10.2 Å². The van der Waals surface area contributed by atoms with Crippen molar-refractivity contribution in [2.24, 2.45) is 0 Å². The second-order valence-corrected chi connectivity index (χ2v) is 7.48. The zero-order chi connectivity index (χ0) is 15.5. The minimum absolute atomic E-state index is 0.122. The van der Waals surface area contributed by atoms with Gasteiger partial charge in [0.05, 0.1) is 4.90 Å². The average Bonchev–Trinajstić information content (AvgIpc) is 2.41. The van der Waals surface area contributed by atoms with E-state index in [1.54, 1.807) is 24.3 Å². The highest BCUT2D eigenvalue weighted by atomic mass is 79.9. The zero-order valence-electron chi connectivity index (χ0n) is 11.3. The highest BCUT2D eigenvalue weighted by Crippen LogP contribution is 2.18. The van der Waals surface area contributed by atoms with Gasteiger partial charge in [-0.25, -0.2) is 8.42 Å². The molecule has 2 aromatic rings. The van der Waals surface area contributed by atoms with Crippen LogP contribution in [0.1, 0.15) is 5.56 Å². The van der Waals surface area contributed by atoms with Crippen LogP contribution >= 0.6 is 15.9 Å². The average molecular weight is 368 g/mol. The van der Waals surface area contributed by atoms with Crippen LogP contribution in [0.25, 0.3) is 0 Å². The molecule has 0 fully saturated rings. The van der Waals surface area contributed by atoms with Gasteiger partial charge in [0.25, 0.3) is 0 Å². The number of carbonyl (C=O) groups is 1. The predicted octanol–water partition coefficient (Wildman–Crippen LogP) is 3.17. The first-order chi connectivity index (χ1) is 9.88. The molecule has 4 nitrogen and oxygen atoms in total. The second-order valence-electron chi connectivity index (χ2n) is 4.58. The number of para-hydroxylation sites is 1. The Morgan fingerprint density at radius 2 is 1.86 bits per heavy atom. The summed E-state index contributed by atoms with van der Waals surface area (Å²) in [6, 6.07) is 13.5. The number of rotatable bonds is 4. The van der Waals surface area contributed by atoms with Crippen molar-refractivity contribution in [2.75, 3.05) is 11.1 Å². The molecule has 0 radical (unpaired) electrons. The van der Waals surface area contributed by atoms with E-state index in [9.17, 15) is 13.2 Å². The molecular weight excluding hydrogens is 354 g/mol. The molecule has 0 atom stereocenters. The van der Waals surface area contributed by atoms with Gasteiger partial charge < -0.3 is 5.32 Å². The third-order valence-corrected chi connectivity index (χ3v) is 5.00. The Morgan fingerprint density at radius 3 is 2.52 bits per heavy atom. The molecule has 1 N–H and O–H groups in total. The summed E-state index contributed by atoms with van der Waals surface area (Å²) in [7, 11) is -3.66. The number of anilines is 1. The normalized spacial score (nSPS) is 11.1. The third kappa shape index (κ3) is 4.15. The summed E-state index contributed by atoms with van der Waals surface area (Å²) in [6.45, 7) is 1.85. The summed E-state index contributed by atoms with van der Waals surface area (Å²) >= 11 is 3.22. The van der Waals surface area contributed by atoms with Crippen molar-refractivity contribution in [2.45, 2.75) is 11.8 Å². The maximum atomic E-state index is 12.2. The minimum atomic E-state index is -3.66. The molecule has 1 amide bonds. The number of hydrogen-bond acceptors (Lipinski definition) is 3. The van der Waals surface area contributed by atoms with Crippen molar-refractivity contribution in [1.82, 2.24) is 0 Å². The number of carbonyl (C=O) groups excluding carboxylic acids is 1. The topological polar surface area (TPSA) is 63.2 Å². The van der Waals surface area contributed by atoms with Gasteiger partial charge in [-0.15, -0.1) is 0 Å². The molecule has 2 aromatic carbocycles. The summed E-state index contributed by atoms with van der Waals surface area (Å²) in [5.41, 5.74) is 1.50. The lowest BCUT2D eigenvalue weighted by Crippen LogP contribution is -2.23. The van der Waals surface area contributed by atoms with Gasteiger partial charge in [0.2, 0.25) is 5.91 Å². The molecule has 0 spiro atoms. The second kappa shape index (κ2) is 6.41. The molecule has 0 bridgehead atoms. The molecule has 0 aliphatic heterocycles. The Balaban J connectivity index is 2.14. The number of amides is 1. The molecule has 110 valence electrons. The number of benzene rings is 2. The molecule has 0 aliphatic rings. The van der Waals surface area contributed by atoms with E-state index in [-0.39, 0.29) is 4.90 Å². The molecule has 0 saturated carbocycles. The van der Waals surface area contributed by atoms with Gasteiger partial charge >= 0.3 is 0 Å². The molecule has 0 saturated heterocycles. The Labute approximate surface area is 132 Å². The summed E-state index contributed by atoms with van der Waals surface area (Å²) in [4.78, 5) is 12.1. The fourth-order valence-corrected chi connectivity index (χ4v) is 3.54. The number of aryl methyl sites for hydroxylation is 1. The van der Waals surface area contributed by atoms with E-state index in [1.807, 2.05) is 19.1 Å². The van der Waals surface area contributed by atoms with E-state index in [1.165, 1.54) is 12.1 Å². The minimum Gasteiger partial charge on any atom is -0.325 e. The highest BCUT2D eigenvalue weighted by molar-refractivity contribution is 9.10. The predicted molar refractivity (Wildman–Crippen MR) is 86.0 cm³/mol. The van der Waals surface area contributed by atoms with Gasteiger partial charge in [0.1, 0.15) is 5.75 Å². The van der Waals surface area contributed by atoms with Crippen molar-refractivity contribution < 1.29 is 13.2 Å². The molecule has 0 aliphatic carbocycles. The van der Waals surface area contributed by atoms with Gasteiger partial charge in [0, 0.05) is 10.2 Å². The van der Waals surface area contributed by atoms with Crippen molar-refractivity contribution in [3.8, 4) is 0 Å². The van der Waals surface area contributed by atoms with Crippen LogP contribution in [0.3, 0.4) is 0 Å². The van der Waals surface area contributed by atoms with Gasteiger partial charge in [-0.2, -0.15) is 0 Å². The van der Waals surface area contributed by atoms with Crippen LogP contribution in [0.15, 0.2) is 57.9 Å². The number of hydrogen-bond donors (Lipinski definition) is 1. The first-order valence-corrected chi connectivity index (χ1v) is 8.67. The zero-order valence-corrected chi connectivity index (χ0v) is 13.7. The van der Waals surface area contributed by atoms with Gasteiger partial charge in [-0.1, -0.05) is 40.2 Å². The van der Waals surface area contributed by atoms with Crippen LogP contribution in [-0.2, 0) is 14.6 Å². The Bertz CT molecular complexity index is 772. The summed E-state index contributed by atoms with van der Waals surface area (Å²) in [5, 5.41) is 2.62. The van der Waals surface area contributed by atoms with Crippen LogP contribution in [0.5, 0.6) is 0 Å². The van der Waals surface area contributed by atoms with Crippen molar-refractivity contribution >= 4 is 37.4 Å². The van der Waals surface area contributed by atoms with E-state index in [2.05, 4.69) is 21.2 Å². The van der Waals surface area contributed by atoms with E-state index >= 15 is 0 Å². The third-order valence-electron chi connectivity index (χ3n) is 2.90. The van der Waals surface area contributed by atoms with Crippen LogP contribution in [0, 0.1) is 6.92 Å². The monoisotopic (exact) mass is 367 g/mol. The molecule has 6 heteroatoms.